The molecule has 0 saturated carbocycles. The van der Waals surface area contributed by atoms with Crippen molar-refractivity contribution < 1.29 is 14.3 Å². The summed E-state index contributed by atoms with van der Waals surface area (Å²) in [5.74, 6) is -1.49. The third-order valence-electron chi connectivity index (χ3n) is 3.54. The summed E-state index contributed by atoms with van der Waals surface area (Å²) in [5.41, 5.74) is 4.99. The normalized spacial score (nSPS) is 14.2. The fourth-order valence-corrected chi connectivity index (χ4v) is 2.31. The second-order valence-electron chi connectivity index (χ2n) is 4.55. The first-order valence-electron chi connectivity index (χ1n) is 6.27. The first-order valence-corrected chi connectivity index (χ1v) is 6.27. The van der Waals surface area contributed by atoms with Crippen LogP contribution in [-0.2, 0) is 10.2 Å². The Balaban J connectivity index is 3.32. The molecule has 3 N–H and O–H groups in total. The number of carboxylic acids is 1. The monoisotopic (exact) mass is 253 g/mol. The Morgan fingerprint density at radius 2 is 2.11 bits per heavy atom. The maximum absolute atomic E-state index is 13.5. The van der Waals surface area contributed by atoms with Gasteiger partial charge in [-0.3, -0.25) is 4.79 Å². The zero-order chi connectivity index (χ0) is 13.8. The van der Waals surface area contributed by atoms with Crippen LogP contribution in [0.2, 0.25) is 0 Å². The molecule has 0 amide bonds. The van der Waals surface area contributed by atoms with Gasteiger partial charge in [0.2, 0.25) is 0 Å². The smallest absolute Gasteiger partial charge is 0.314 e. The molecule has 0 heterocycles. The van der Waals surface area contributed by atoms with Gasteiger partial charge >= 0.3 is 5.97 Å². The largest absolute Gasteiger partial charge is 0.481 e. The molecule has 0 aliphatic heterocycles. The lowest BCUT2D eigenvalue weighted by molar-refractivity contribution is -0.144. The van der Waals surface area contributed by atoms with Crippen LogP contribution < -0.4 is 5.73 Å². The number of benzene rings is 1. The fourth-order valence-electron chi connectivity index (χ4n) is 2.31. The lowest BCUT2D eigenvalue weighted by atomic mass is 9.73. The predicted molar refractivity (Wildman–Crippen MR) is 69.9 cm³/mol. The molecule has 0 saturated heterocycles. The van der Waals surface area contributed by atoms with E-state index in [2.05, 4.69) is 0 Å². The molecule has 4 heteroatoms. The number of nitrogen functional groups attached to an aromatic ring is 1. The van der Waals surface area contributed by atoms with E-state index in [1.54, 1.807) is 13.0 Å². The van der Waals surface area contributed by atoms with Gasteiger partial charge in [-0.1, -0.05) is 38.8 Å². The Morgan fingerprint density at radius 3 is 2.61 bits per heavy atom. The molecule has 0 radical (unpaired) electrons. The van der Waals surface area contributed by atoms with E-state index in [4.69, 9.17) is 5.73 Å². The van der Waals surface area contributed by atoms with Crippen molar-refractivity contribution in [2.45, 2.75) is 44.9 Å². The van der Waals surface area contributed by atoms with Crippen LogP contribution in [0.15, 0.2) is 18.2 Å². The van der Waals surface area contributed by atoms with E-state index in [1.807, 2.05) is 6.92 Å². The highest BCUT2D eigenvalue weighted by Gasteiger charge is 2.39. The second kappa shape index (κ2) is 5.85. The topological polar surface area (TPSA) is 63.3 Å². The van der Waals surface area contributed by atoms with Gasteiger partial charge in [0, 0.05) is 0 Å². The lowest BCUT2D eigenvalue weighted by Gasteiger charge is -2.30. The minimum absolute atomic E-state index is 0.0437. The maximum atomic E-state index is 13.5. The quantitative estimate of drug-likeness (QED) is 0.764. The van der Waals surface area contributed by atoms with Crippen molar-refractivity contribution in [1.29, 1.82) is 0 Å². The Bertz CT molecular complexity index is 434. The minimum Gasteiger partial charge on any atom is -0.481 e. The zero-order valence-electron chi connectivity index (χ0n) is 10.9. The van der Waals surface area contributed by atoms with E-state index in [1.165, 1.54) is 12.1 Å². The Labute approximate surface area is 107 Å². The standard InChI is InChI=1S/C14H20FNO2/c1-3-5-9-14(4-2,13(17)18)10-7-6-8-11(15)12(10)16/h6-8H,3-5,9,16H2,1-2H3,(H,17,18). The summed E-state index contributed by atoms with van der Waals surface area (Å²) in [6.45, 7) is 3.80. The molecule has 1 unspecified atom stereocenters. The zero-order valence-corrected chi connectivity index (χ0v) is 10.9. The molecule has 0 bridgehead atoms. The van der Waals surface area contributed by atoms with E-state index >= 15 is 0 Å². The molecule has 1 aromatic rings. The Hall–Kier alpha value is -1.58. The van der Waals surface area contributed by atoms with Crippen LogP contribution in [0, 0.1) is 5.82 Å². The van der Waals surface area contributed by atoms with Crippen molar-refractivity contribution in [3.63, 3.8) is 0 Å². The number of carboxylic acid groups (broad SMARTS) is 1. The van der Waals surface area contributed by atoms with Gasteiger partial charge in [0.05, 0.1) is 11.1 Å². The Morgan fingerprint density at radius 1 is 1.44 bits per heavy atom. The third-order valence-corrected chi connectivity index (χ3v) is 3.54. The predicted octanol–water partition coefficient (Wildman–Crippen LogP) is 3.33. The number of hydrogen-bond acceptors (Lipinski definition) is 2. The summed E-state index contributed by atoms with van der Waals surface area (Å²) in [4.78, 5) is 11.6. The number of nitrogens with two attached hydrogens (primary N) is 1. The number of halogens is 1. The fraction of sp³-hybridized carbons (Fsp3) is 0.500. The molecule has 0 fully saturated rings. The first-order chi connectivity index (χ1) is 8.49. The summed E-state index contributed by atoms with van der Waals surface area (Å²) in [5, 5.41) is 9.54. The molecular weight excluding hydrogens is 233 g/mol. The molecule has 0 aliphatic carbocycles. The highest BCUT2D eigenvalue weighted by Crippen LogP contribution is 2.38. The molecule has 1 rings (SSSR count). The minimum atomic E-state index is -1.08. The van der Waals surface area contributed by atoms with Crippen LogP contribution in [-0.4, -0.2) is 11.1 Å². The molecule has 0 aromatic heterocycles. The summed E-state index contributed by atoms with van der Waals surface area (Å²) in [7, 11) is 0. The summed E-state index contributed by atoms with van der Waals surface area (Å²) in [6.07, 6.45) is 2.54. The second-order valence-corrected chi connectivity index (χ2v) is 4.55. The first kappa shape index (κ1) is 14.5. The van der Waals surface area contributed by atoms with Crippen molar-refractivity contribution in [1.82, 2.24) is 0 Å². The van der Waals surface area contributed by atoms with Gasteiger partial charge in [0.15, 0.2) is 0 Å². The van der Waals surface area contributed by atoms with Crippen molar-refractivity contribution in [3.05, 3.63) is 29.6 Å². The van der Waals surface area contributed by atoms with Gasteiger partial charge in [-0.05, 0) is 24.5 Å². The van der Waals surface area contributed by atoms with Crippen molar-refractivity contribution >= 4 is 11.7 Å². The van der Waals surface area contributed by atoms with Gasteiger partial charge in [-0.15, -0.1) is 0 Å². The van der Waals surface area contributed by atoms with Gasteiger partial charge in [0.1, 0.15) is 5.82 Å². The van der Waals surface area contributed by atoms with Crippen LogP contribution >= 0.6 is 0 Å². The van der Waals surface area contributed by atoms with Crippen LogP contribution in [0.4, 0.5) is 10.1 Å². The van der Waals surface area contributed by atoms with Gasteiger partial charge in [-0.25, -0.2) is 4.39 Å². The van der Waals surface area contributed by atoms with Crippen molar-refractivity contribution in [2.75, 3.05) is 5.73 Å². The van der Waals surface area contributed by atoms with E-state index in [-0.39, 0.29) is 5.69 Å². The number of carbonyl (C=O) groups is 1. The SMILES string of the molecule is CCCCC(CC)(C(=O)O)c1cccc(F)c1N. The molecule has 100 valence electrons. The molecule has 1 atom stereocenters. The maximum Gasteiger partial charge on any atom is 0.314 e. The van der Waals surface area contributed by atoms with Crippen molar-refractivity contribution in [3.8, 4) is 0 Å². The van der Waals surface area contributed by atoms with Crippen LogP contribution in [0.25, 0.3) is 0 Å². The number of aliphatic carboxylic acids is 1. The van der Waals surface area contributed by atoms with E-state index < -0.39 is 17.2 Å². The van der Waals surface area contributed by atoms with Crippen LogP contribution in [0.1, 0.15) is 45.1 Å². The average Bonchev–Trinajstić information content (AvgIpc) is 2.35. The highest BCUT2D eigenvalue weighted by molar-refractivity contribution is 5.83. The molecule has 18 heavy (non-hydrogen) atoms. The average molecular weight is 253 g/mol. The molecule has 0 aliphatic rings. The summed E-state index contributed by atoms with van der Waals surface area (Å²) < 4.78 is 13.5. The molecule has 1 aromatic carbocycles. The van der Waals surface area contributed by atoms with Crippen LogP contribution in [0.3, 0.4) is 0 Å². The van der Waals surface area contributed by atoms with E-state index in [9.17, 15) is 14.3 Å². The molecule has 3 nitrogen and oxygen atoms in total. The van der Waals surface area contributed by atoms with Gasteiger partial charge in [-0.2, -0.15) is 0 Å². The van der Waals surface area contributed by atoms with Crippen LogP contribution in [0.5, 0.6) is 0 Å². The van der Waals surface area contributed by atoms with Crippen molar-refractivity contribution in [2.24, 2.45) is 0 Å². The number of rotatable bonds is 6. The van der Waals surface area contributed by atoms with E-state index in [0.29, 0.717) is 18.4 Å². The molecule has 0 spiro atoms. The van der Waals surface area contributed by atoms with Gasteiger partial charge in [0.25, 0.3) is 0 Å². The molecular formula is C14H20FNO2. The summed E-state index contributed by atoms with van der Waals surface area (Å²) >= 11 is 0. The number of anilines is 1. The lowest BCUT2D eigenvalue weighted by Crippen LogP contribution is -2.36. The number of para-hydroxylation sites is 1. The number of hydrogen-bond donors (Lipinski definition) is 2. The van der Waals surface area contributed by atoms with Gasteiger partial charge < -0.3 is 10.8 Å². The summed E-state index contributed by atoms with van der Waals surface area (Å²) in [6, 6.07) is 4.38. The number of unbranched alkanes of at least 4 members (excludes halogenated alkanes) is 1. The van der Waals surface area contributed by atoms with E-state index in [0.717, 1.165) is 12.8 Å². The highest BCUT2D eigenvalue weighted by atomic mass is 19.1. The Kier molecular flexibility index (Phi) is 4.70. The third kappa shape index (κ3) is 2.47.